The summed E-state index contributed by atoms with van der Waals surface area (Å²) < 4.78 is 20.9. The third-order valence-corrected chi connectivity index (χ3v) is 3.76. The maximum atomic E-state index is 13.7. The van der Waals surface area contributed by atoms with Gasteiger partial charge >= 0.3 is 0 Å². The molecule has 124 valence electrons. The van der Waals surface area contributed by atoms with E-state index in [0.29, 0.717) is 24.2 Å². The fraction of sp³-hybridized carbons (Fsp3) is 0.222. The molecule has 0 saturated heterocycles. The van der Waals surface area contributed by atoms with Crippen molar-refractivity contribution in [3.05, 3.63) is 59.6 Å². The van der Waals surface area contributed by atoms with Crippen molar-refractivity contribution < 1.29 is 13.6 Å². The lowest BCUT2D eigenvalue weighted by Crippen LogP contribution is -2.24. The zero-order chi connectivity index (χ0) is 17.1. The van der Waals surface area contributed by atoms with E-state index in [1.807, 2.05) is 30.7 Å². The maximum Gasteiger partial charge on any atom is 0.244 e. The maximum absolute atomic E-state index is 13.7. The molecular formula is C18H18FN3O2. The summed E-state index contributed by atoms with van der Waals surface area (Å²) in [6.45, 7) is 2.26. The Balaban J connectivity index is 1.58. The third-order valence-electron chi connectivity index (χ3n) is 3.76. The minimum atomic E-state index is -0.338. The van der Waals surface area contributed by atoms with Gasteiger partial charge in [0, 0.05) is 26.1 Å². The molecule has 0 aliphatic rings. The minimum absolute atomic E-state index is 0.214. The van der Waals surface area contributed by atoms with Crippen molar-refractivity contribution in [1.29, 1.82) is 0 Å². The predicted molar refractivity (Wildman–Crippen MR) is 89.9 cm³/mol. The van der Waals surface area contributed by atoms with Crippen molar-refractivity contribution in [2.75, 3.05) is 6.54 Å². The van der Waals surface area contributed by atoms with E-state index in [1.165, 1.54) is 12.1 Å². The van der Waals surface area contributed by atoms with E-state index in [4.69, 9.17) is 4.42 Å². The van der Waals surface area contributed by atoms with Gasteiger partial charge < -0.3 is 14.3 Å². The first-order valence-electron chi connectivity index (χ1n) is 7.67. The molecule has 24 heavy (non-hydrogen) atoms. The number of furan rings is 1. The van der Waals surface area contributed by atoms with Gasteiger partial charge in [-0.05, 0) is 37.3 Å². The van der Waals surface area contributed by atoms with Crippen LogP contribution in [0.15, 0.2) is 40.8 Å². The van der Waals surface area contributed by atoms with Crippen LogP contribution in [0.25, 0.3) is 17.1 Å². The molecule has 0 fully saturated rings. The van der Waals surface area contributed by atoms with Crippen LogP contribution in [0.3, 0.4) is 0 Å². The molecule has 3 rings (SSSR count). The summed E-state index contributed by atoms with van der Waals surface area (Å²) in [7, 11) is 1.84. The van der Waals surface area contributed by atoms with E-state index in [2.05, 4.69) is 10.3 Å². The molecule has 2 aromatic heterocycles. The zero-order valence-corrected chi connectivity index (χ0v) is 13.5. The lowest BCUT2D eigenvalue weighted by atomic mass is 10.3. The van der Waals surface area contributed by atoms with Gasteiger partial charge in [-0.15, -0.1) is 0 Å². The number of carbonyl (C=O) groups excluding carboxylic acids is 1. The number of imidazole rings is 1. The highest BCUT2D eigenvalue weighted by molar-refractivity contribution is 5.91. The molecule has 0 aliphatic carbocycles. The van der Waals surface area contributed by atoms with E-state index >= 15 is 0 Å². The second-order valence-corrected chi connectivity index (χ2v) is 5.52. The van der Waals surface area contributed by atoms with Crippen LogP contribution in [-0.2, 0) is 18.3 Å². The summed E-state index contributed by atoms with van der Waals surface area (Å²) in [4.78, 5) is 16.1. The number of aryl methyl sites for hydroxylation is 2. The lowest BCUT2D eigenvalue weighted by Gasteiger charge is -2.03. The molecule has 1 N–H and O–H groups in total. The van der Waals surface area contributed by atoms with Gasteiger partial charge in [0.05, 0.1) is 5.52 Å². The van der Waals surface area contributed by atoms with E-state index < -0.39 is 0 Å². The van der Waals surface area contributed by atoms with Crippen molar-refractivity contribution in [2.24, 2.45) is 7.05 Å². The second kappa shape index (κ2) is 6.70. The number of aromatic nitrogens is 2. The monoisotopic (exact) mass is 327 g/mol. The number of nitrogens with one attached hydrogen (secondary N) is 1. The highest BCUT2D eigenvalue weighted by Gasteiger charge is 2.10. The summed E-state index contributed by atoms with van der Waals surface area (Å²) >= 11 is 0. The number of hydrogen-bond acceptors (Lipinski definition) is 3. The van der Waals surface area contributed by atoms with Crippen LogP contribution in [0.5, 0.6) is 0 Å². The Bertz CT molecular complexity index is 908. The summed E-state index contributed by atoms with van der Waals surface area (Å²) in [5, 5.41) is 2.78. The number of amides is 1. The van der Waals surface area contributed by atoms with Gasteiger partial charge in [0.2, 0.25) is 5.91 Å². The Morgan fingerprint density at radius 1 is 1.38 bits per heavy atom. The molecule has 1 aromatic carbocycles. The van der Waals surface area contributed by atoms with Crippen molar-refractivity contribution in [3.8, 4) is 0 Å². The van der Waals surface area contributed by atoms with Crippen molar-refractivity contribution in [3.63, 3.8) is 0 Å². The Morgan fingerprint density at radius 2 is 2.21 bits per heavy atom. The van der Waals surface area contributed by atoms with Gasteiger partial charge in [-0.25, -0.2) is 9.37 Å². The van der Waals surface area contributed by atoms with Gasteiger partial charge in [0.1, 0.15) is 22.9 Å². The highest BCUT2D eigenvalue weighted by Crippen LogP contribution is 2.18. The van der Waals surface area contributed by atoms with E-state index in [0.717, 1.165) is 17.1 Å². The van der Waals surface area contributed by atoms with Gasteiger partial charge in [0.15, 0.2) is 5.82 Å². The van der Waals surface area contributed by atoms with Crippen LogP contribution in [0, 0.1) is 12.7 Å². The highest BCUT2D eigenvalue weighted by atomic mass is 19.1. The number of para-hydroxylation sites is 1. The summed E-state index contributed by atoms with van der Waals surface area (Å²) in [6, 6.07) is 8.51. The molecule has 2 heterocycles. The average Bonchev–Trinajstić information content (AvgIpc) is 3.11. The van der Waals surface area contributed by atoms with Gasteiger partial charge in [-0.1, -0.05) is 6.07 Å². The van der Waals surface area contributed by atoms with Crippen molar-refractivity contribution in [2.45, 2.75) is 13.3 Å². The standard InChI is InChI=1S/C18H18FN3O2/c1-12-6-7-13(24-12)8-9-17(23)20-11-10-16-21-18-14(19)4-3-5-15(18)22(16)2/h3-9H,10-11H2,1-2H3,(H,20,23)/b9-8+. The largest absolute Gasteiger partial charge is 0.462 e. The molecule has 0 saturated carbocycles. The molecule has 6 heteroatoms. The van der Waals surface area contributed by atoms with Crippen LogP contribution in [0.1, 0.15) is 17.3 Å². The molecule has 0 aliphatic heterocycles. The number of benzene rings is 1. The first-order chi connectivity index (χ1) is 11.5. The molecule has 0 atom stereocenters. The number of carbonyl (C=O) groups is 1. The van der Waals surface area contributed by atoms with E-state index in [9.17, 15) is 9.18 Å². The van der Waals surface area contributed by atoms with Crippen LogP contribution < -0.4 is 5.32 Å². The summed E-state index contributed by atoms with van der Waals surface area (Å²) in [5.74, 6) is 1.60. The molecule has 0 unspecified atom stereocenters. The van der Waals surface area contributed by atoms with Crippen molar-refractivity contribution in [1.82, 2.24) is 14.9 Å². The Hall–Kier alpha value is -2.89. The second-order valence-electron chi connectivity index (χ2n) is 5.52. The summed E-state index contributed by atoms with van der Waals surface area (Å²) in [6.07, 6.45) is 3.56. The number of nitrogens with zero attached hydrogens (tertiary/aromatic N) is 2. The number of fused-ring (bicyclic) bond motifs is 1. The molecule has 0 radical (unpaired) electrons. The Morgan fingerprint density at radius 3 is 2.92 bits per heavy atom. The average molecular weight is 327 g/mol. The molecule has 1 amide bonds. The first kappa shape index (κ1) is 16.0. The van der Waals surface area contributed by atoms with E-state index in [-0.39, 0.29) is 11.7 Å². The van der Waals surface area contributed by atoms with Crippen molar-refractivity contribution >= 4 is 23.0 Å². The minimum Gasteiger partial charge on any atom is -0.462 e. The topological polar surface area (TPSA) is 60.1 Å². The van der Waals surface area contributed by atoms with Gasteiger partial charge in [0.25, 0.3) is 0 Å². The summed E-state index contributed by atoms with van der Waals surface area (Å²) in [5.41, 5.74) is 1.10. The quantitative estimate of drug-likeness (QED) is 0.733. The molecule has 0 bridgehead atoms. The number of halogens is 1. The lowest BCUT2D eigenvalue weighted by molar-refractivity contribution is -0.116. The Kier molecular flexibility index (Phi) is 4.46. The van der Waals surface area contributed by atoms with E-state index in [1.54, 1.807) is 18.2 Å². The smallest absolute Gasteiger partial charge is 0.244 e. The molecule has 3 aromatic rings. The first-order valence-corrected chi connectivity index (χ1v) is 7.67. The SMILES string of the molecule is Cc1ccc(/C=C/C(=O)NCCc2nc3c(F)cccc3n2C)o1. The molecule has 5 nitrogen and oxygen atoms in total. The molecule has 0 spiro atoms. The number of hydrogen-bond donors (Lipinski definition) is 1. The van der Waals surface area contributed by atoms with Crippen LogP contribution in [0.2, 0.25) is 0 Å². The Labute approximate surface area is 138 Å². The van der Waals surface area contributed by atoms with Crippen LogP contribution in [0.4, 0.5) is 4.39 Å². The number of rotatable bonds is 5. The molecular weight excluding hydrogens is 309 g/mol. The van der Waals surface area contributed by atoms with Crippen LogP contribution in [-0.4, -0.2) is 22.0 Å². The fourth-order valence-corrected chi connectivity index (χ4v) is 2.51. The third kappa shape index (κ3) is 3.37. The van der Waals surface area contributed by atoms with Gasteiger partial charge in [-0.3, -0.25) is 4.79 Å². The van der Waals surface area contributed by atoms with Crippen LogP contribution >= 0.6 is 0 Å². The predicted octanol–water partition coefficient (Wildman–Crippen LogP) is 2.99. The zero-order valence-electron chi connectivity index (χ0n) is 13.5. The van der Waals surface area contributed by atoms with Gasteiger partial charge in [-0.2, -0.15) is 0 Å². The normalized spacial score (nSPS) is 11.5. The fourth-order valence-electron chi connectivity index (χ4n) is 2.51.